The molecule has 1 aliphatic carbocycles. The number of amides is 1. The molecule has 1 heterocycles. The fraction of sp³-hybridized carbons (Fsp3) is 0.250. The van der Waals surface area contributed by atoms with Crippen molar-refractivity contribution in [2.45, 2.75) is 25.0 Å². The maximum absolute atomic E-state index is 12.9. The minimum absolute atomic E-state index is 0.121. The zero-order chi connectivity index (χ0) is 17.2. The number of hydrogen-bond acceptors (Lipinski definition) is 4. The zero-order valence-electron chi connectivity index (χ0n) is 13.7. The molecule has 1 fully saturated rings. The van der Waals surface area contributed by atoms with Gasteiger partial charge in [-0.1, -0.05) is 36.4 Å². The molecule has 1 aliphatic rings. The molecule has 5 heteroatoms. The van der Waals surface area contributed by atoms with Gasteiger partial charge in [0.15, 0.2) is 0 Å². The molecule has 2 N–H and O–H groups in total. The molecule has 2 aromatic carbocycles. The van der Waals surface area contributed by atoms with Gasteiger partial charge in [-0.3, -0.25) is 14.8 Å². The van der Waals surface area contributed by atoms with Crippen molar-refractivity contribution in [3.05, 3.63) is 72.1 Å². The Morgan fingerprint density at radius 2 is 1.80 bits per heavy atom. The van der Waals surface area contributed by atoms with E-state index >= 15 is 0 Å². The molecular formula is C20H19N3O2. The number of rotatable bonds is 4. The van der Waals surface area contributed by atoms with Gasteiger partial charge in [0.05, 0.1) is 23.2 Å². The van der Waals surface area contributed by atoms with Crippen LogP contribution in [0.4, 0.5) is 0 Å². The lowest BCUT2D eigenvalue weighted by Crippen LogP contribution is -2.41. The largest absolute Gasteiger partial charge is 0.393 e. The number of hydrogen-bond donors (Lipinski definition) is 2. The molecule has 126 valence electrons. The molecular weight excluding hydrogens is 314 g/mol. The van der Waals surface area contributed by atoms with E-state index in [1.807, 2.05) is 42.5 Å². The summed E-state index contributed by atoms with van der Waals surface area (Å²) in [6.45, 7) is 0. The predicted molar refractivity (Wildman–Crippen MR) is 94.9 cm³/mol. The third-order valence-corrected chi connectivity index (χ3v) is 4.81. The first-order chi connectivity index (χ1) is 12.2. The Labute approximate surface area is 145 Å². The molecule has 4 rings (SSSR count). The van der Waals surface area contributed by atoms with Gasteiger partial charge in [0.1, 0.15) is 5.52 Å². The summed E-state index contributed by atoms with van der Waals surface area (Å²) >= 11 is 0. The summed E-state index contributed by atoms with van der Waals surface area (Å²) in [5, 5.41) is 12.8. The van der Waals surface area contributed by atoms with Gasteiger partial charge < -0.3 is 10.4 Å². The highest BCUT2D eigenvalue weighted by Crippen LogP contribution is 2.38. The summed E-state index contributed by atoms with van der Waals surface area (Å²) in [6, 6.07) is 15.2. The van der Waals surface area contributed by atoms with Crippen molar-refractivity contribution >= 4 is 16.9 Å². The molecule has 1 atom stereocenters. The summed E-state index contributed by atoms with van der Waals surface area (Å²) in [7, 11) is 0. The number of para-hydroxylation sites is 1. The molecule has 0 saturated heterocycles. The standard InChI is InChI=1S/C20H19N3O2/c24-15-11-14(12-15)18(13-5-2-1-3-6-13)23-20(25)16-7-4-8-17-19(16)22-10-9-21-17/h1-10,14-15,18,24H,11-12H2,(H,23,25)/t14?,15?,18-/m1/s1. The lowest BCUT2D eigenvalue weighted by Gasteiger charge is -2.38. The second kappa shape index (κ2) is 6.61. The van der Waals surface area contributed by atoms with Crippen LogP contribution in [0, 0.1) is 5.92 Å². The molecule has 5 nitrogen and oxygen atoms in total. The van der Waals surface area contributed by atoms with Gasteiger partial charge in [0.25, 0.3) is 5.91 Å². The van der Waals surface area contributed by atoms with Crippen molar-refractivity contribution in [1.29, 1.82) is 0 Å². The number of nitrogens with one attached hydrogen (secondary N) is 1. The maximum atomic E-state index is 12.9. The van der Waals surface area contributed by atoms with E-state index in [1.54, 1.807) is 18.5 Å². The van der Waals surface area contributed by atoms with Gasteiger partial charge in [-0.2, -0.15) is 0 Å². The van der Waals surface area contributed by atoms with E-state index in [4.69, 9.17) is 0 Å². The fourth-order valence-electron chi connectivity index (χ4n) is 3.43. The summed E-state index contributed by atoms with van der Waals surface area (Å²) in [5.41, 5.74) is 2.87. The molecule has 0 aliphatic heterocycles. The van der Waals surface area contributed by atoms with Crippen LogP contribution < -0.4 is 5.32 Å². The van der Waals surface area contributed by atoms with Gasteiger partial charge in [0.2, 0.25) is 0 Å². The van der Waals surface area contributed by atoms with Crippen molar-refractivity contribution in [1.82, 2.24) is 15.3 Å². The van der Waals surface area contributed by atoms with Gasteiger partial charge in [0, 0.05) is 12.4 Å². The number of fused-ring (bicyclic) bond motifs is 1. The monoisotopic (exact) mass is 333 g/mol. The first-order valence-electron chi connectivity index (χ1n) is 8.46. The summed E-state index contributed by atoms with van der Waals surface area (Å²) < 4.78 is 0. The van der Waals surface area contributed by atoms with E-state index in [9.17, 15) is 9.90 Å². The molecule has 1 aromatic heterocycles. The van der Waals surface area contributed by atoms with Crippen LogP contribution in [0.2, 0.25) is 0 Å². The van der Waals surface area contributed by atoms with Crippen molar-refractivity contribution in [2.75, 3.05) is 0 Å². The first kappa shape index (κ1) is 15.7. The smallest absolute Gasteiger partial charge is 0.254 e. The topological polar surface area (TPSA) is 75.1 Å². The number of aromatic nitrogens is 2. The summed E-state index contributed by atoms with van der Waals surface area (Å²) in [6.07, 6.45) is 4.35. The second-order valence-electron chi connectivity index (χ2n) is 6.48. The molecule has 0 unspecified atom stereocenters. The Kier molecular flexibility index (Phi) is 4.15. The SMILES string of the molecule is O=C(N[C@H](c1ccccc1)C1CC(O)C1)c1cccc2nccnc12. The Balaban J connectivity index is 1.64. The van der Waals surface area contributed by atoms with Gasteiger partial charge in [-0.25, -0.2) is 0 Å². The van der Waals surface area contributed by atoms with Crippen molar-refractivity contribution in [3.63, 3.8) is 0 Å². The van der Waals surface area contributed by atoms with Crippen molar-refractivity contribution in [3.8, 4) is 0 Å². The molecule has 0 spiro atoms. The van der Waals surface area contributed by atoms with Gasteiger partial charge >= 0.3 is 0 Å². The summed E-state index contributed by atoms with van der Waals surface area (Å²) in [4.78, 5) is 21.5. The molecule has 25 heavy (non-hydrogen) atoms. The fourth-order valence-corrected chi connectivity index (χ4v) is 3.43. The highest BCUT2D eigenvalue weighted by Gasteiger charge is 2.35. The van der Waals surface area contributed by atoms with Gasteiger partial charge in [-0.05, 0) is 36.5 Å². The van der Waals surface area contributed by atoms with Crippen LogP contribution >= 0.6 is 0 Å². The van der Waals surface area contributed by atoms with Crippen LogP contribution in [-0.2, 0) is 0 Å². The van der Waals surface area contributed by atoms with E-state index in [-0.39, 0.29) is 24.0 Å². The average molecular weight is 333 g/mol. The number of carbonyl (C=O) groups excluding carboxylic acids is 1. The Bertz CT molecular complexity index is 886. The number of aliphatic hydroxyl groups is 1. The van der Waals surface area contributed by atoms with Crippen LogP contribution in [0.15, 0.2) is 60.9 Å². The number of nitrogens with zero attached hydrogens (tertiary/aromatic N) is 2. The second-order valence-corrected chi connectivity index (χ2v) is 6.48. The maximum Gasteiger partial charge on any atom is 0.254 e. The van der Waals surface area contributed by atoms with E-state index < -0.39 is 0 Å². The lowest BCUT2D eigenvalue weighted by atomic mass is 9.75. The Morgan fingerprint density at radius 1 is 1.04 bits per heavy atom. The minimum atomic E-state index is -0.267. The summed E-state index contributed by atoms with van der Waals surface area (Å²) in [5.74, 6) is 0.0729. The lowest BCUT2D eigenvalue weighted by molar-refractivity contribution is 0.0235. The molecule has 1 amide bonds. The number of carbonyl (C=O) groups is 1. The highest BCUT2D eigenvalue weighted by molar-refractivity contribution is 6.04. The van der Waals surface area contributed by atoms with Crippen LogP contribution in [0.1, 0.15) is 34.8 Å². The van der Waals surface area contributed by atoms with E-state index in [2.05, 4.69) is 15.3 Å². The van der Waals surface area contributed by atoms with Crippen molar-refractivity contribution < 1.29 is 9.90 Å². The normalized spacial score (nSPS) is 20.7. The van der Waals surface area contributed by atoms with E-state index in [1.165, 1.54) is 0 Å². The highest BCUT2D eigenvalue weighted by atomic mass is 16.3. The Morgan fingerprint density at radius 3 is 2.56 bits per heavy atom. The van der Waals surface area contributed by atoms with E-state index in [0.29, 0.717) is 29.4 Å². The Hall–Kier alpha value is -2.79. The predicted octanol–water partition coefficient (Wildman–Crippen LogP) is 2.87. The molecule has 0 bridgehead atoms. The number of aliphatic hydroxyl groups excluding tert-OH is 1. The average Bonchev–Trinajstić information content (AvgIpc) is 2.64. The third kappa shape index (κ3) is 3.10. The molecule has 0 radical (unpaired) electrons. The zero-order valence-corrected chi connectivity index (χ0v) is 13.7. The quantitative estimate of drug-likeness (QED) is 0.770. The molecule has 1 saturated carbocycles. The molecule has 3 aromatic rings. The van der Waals surface area contributed by atoms with Crippen molar-refractivity contribution in [2.24, 2.45) is 5.92 Å². The van der Waals surface area contributed by atoms with Crippen LogP contribution in [0.3, 0.4) is 0 Å². The third-order valence-electron chi connectivity index (χ3n) is 4.81. The minimum Gasteiger partial charge on any atom is -0.393 e. The van der Waals surface area contributed by atoms with Crippen LogP contribution in [-0.4, -0.2) is 27.1 Å². The van der Waals surface area contributed by atoms with E-state index in [0.717, 1.165) is 5.56 Å². The van der Waals surface area contributed by atoms with Crippen LogP contribution in [0.5, 0.6) is 0 Å². The first-order valence-corrected chi connectivity index (χ1v) is 8.46. The number of benzene rings is 2. The van der Waals surface area contributed by atoms with Gasteiger partial charge in [-0.15, -0.1) is 0 Å². The van der Waals surface area contributed by atoms with Crippen LogP contribution in [0.25, 0.3) is 11.0 Å².